The molecule has 204 valence electrons. The summed E-state index contributed by atoms with van der Waals surface area (Å²) in [6.45, 7) is 0. The second-order valence-electron chi connectivity index (χ2n) is 10.2. The summed E-state index contributed by atoms with van der Waals surface area (Å²) in [6.07, 6.45) is 12.1. The Morgan fingerprint density at radius 2 is 1.07 bits per heavy atom. The van der Waals surface area contributed by atoms with Gasteiger partial charge in [0.05, 0.1) is 17.1 Å². The zero-order chi connectivity index (χ0) is 28.6. The van der Waals surface area contributed by atoms with Gasteiger partial charge in [0, 0.05) is 35.7 Å². The molecule has 3 aromatic heterocycles. The molecular weight excluding hydrogens is 530 g/mol. The maximum Gasteiger partial charge on any atom is 0.221 e. The first-order chi connectivity index (χ1) is 21.3. The number of rotatable bonds is 4. The largest absolute Gasteiger partial charge is 0.439 e. The number of hydrogen-bond donors (Lipinski definition) is 0. The molecule has 2 aliphatic rings. The van der Waals surface area contributed by atoms with Crippen molar-refractivity contribution >= 4 is 58.8 Å². The molecule has 0 spiro atoms. The molecule has 0 saturated heterocycles. The van der Waals surface area contributed by atoms with Crippen molar-refractivity contribution in [2.75, 3.05) is 9.80 Å². The van der Waals surface area contributed by atoms with Crippen LogP contribution in [-0.4, -0.2) is 15.0 Å². The van der Waals surface area contributed by atoms with E-state index in [1.165, 1.54) is 0 Å². The van der Waals surface area contributed by atoms with Gasteiger partial charge in [-0.3, -0.25) is 9.80 Å². The van der Waals surface area contributed by atoms with E-state index in [-0.39, 0.29) is 0 Å². The lowest BCUT2D eigenvalue weighted by Crippen LogP contribution is -2.14. The maximum absolute atomic E-state index is 6.42. The van der Waals surface area contributed by atoms with Crippen molar-refractivity contribution in [2.45, 2.75) is 0 Å². The zero-order valence-electron chi connectivity index (χ0n) is 23.1. The lowest BCUT2D eigenvalue weighted by atomic mass is 10.1. The summed E-state index contributed by atoms with van der Waals surface area (Å²) in [6, 6.07) is 38.5. The smallest absolute Gasteiger partial charge is 0.221 e. The van der Waals surface area contributed by atoms with Crippen LogP contribution in [-0.2, 0) is 0 Å². The zero-order valence-corrected chi connectivity index (χ0v) is 23.1. The van der Waals surface area contributed by atoms with Gasteiger partial charge in [0.2, 0.25) is 5.88 Å². The van der Waals surface area contributed by atoms with E-state index >= 15 is 0 Å². The summed E-state index contributed by atoms with van der Waals surface area (Å²) in [4.78, 5) is 18.7. The minimum atomic E-state index is 0.485. The van der Waals surface area contributed by atoms with Crippen LogP contribution in [0.2, 0.25) is 0 Å². The molecule has 3 aromatic carbocycles. The molecule has 0 amide bonds. The summed E-state index contributed by atoms with van der Waals surface area (Å²) in [7, 11) is 0. The topological polar surface area (TPSA) is 54.4 Å². The molecule has 0 unspecified atom stereocenters. The highest BCUT2D eigenvalue weighted by Gasteiger charge is 2.23. The third kappa shape index (κ3) is 4.51. The van der Waals surface area contributed by atoms with Crippen molar-refractivity contribution in [2.24, 2.45) is 0 Å². The Hall–Kier alpha value is -6.01. The average Bonchev–Trinajstić information content (AvgIpc) is 3.33. The third-order valence-corrected chi connectivity index (χ3v) is 7.53. The predicted molar refractivity (Wildman–Crippen MR) is 174 cm³/mol. The Bertz CT molecular complexity index is 1800. The molecule has 0 atom stereocenters. The van der Waals surface area contributed by atoms with Gasteiger partial charge in [-0.15, -0.1) is 0 Å². The maximum atomic E-state index is 6.42. The van der Waals surface area contributed by atoms with Crippen molar-refractivity contribution in [3.8, 4) is 11.6 Å². The summed E-state index contributed by atoms with van der Waals surface area (Å²) in [5.74, 6) is 3.55. The first-order valence-electron chi connectivity index (χ1n) is 14.1. The average molecular weight is 556 g/mol. The van der Waals surface area contributed by atoms with Gasteiger partial charge in [-0.2, -0.15) is 4.98 Å². The molecule has 6 aromatic rings. The van der Waals surface area contributed by atoms with Crippen molar-refractivity contribution in [3.63, 3.8) is 0 Å². The van der Waals surface area contributed by atoms with E-state index in [2.05, 4.69) is 82.6 Å². The van der Waals surface area contributed by atoms with E-state index in [1.807, 2.05) is 79.1 Å². The van der Waals surface area contributed by atoms with Gasteiger partial charge in [-0.25, -0.2) is 9.97 Å². The van der Waals surface area contributed by atoms with E-state index in [1.54, 1.807) is 0 Å². The van der Waals surface area contributed by atoms with E-state index in [0.717, 1.165) is 56.8 Å². The molecule has 0 saturated carbocycles. The van der Waals surface area contributed by atoms with Crippen LogP contribution in [0.15, 0.2) is 128 Å². The van der Waals surface area contributed by atoms with Crippen LogP contribution in [0.1, 0.15) is 22.3 Å². The molecule has 6 nitrogen and oxygen atoms in total. The predicted octanol–water partition coefficient (Wildman–Crippen LogP) is 9.57. The van der Waals surface area contributed by atoms with Crippen LogP contribution >= 0.6 is 0 Å². The van der Waals surface area contributed by atoms with Crippen LogP contribution in [0.4, 0.5) is 34.5 Å². The minimum absolute atomic E-state index is 0.485. The Balaban J connectivity index is 1.17. The summed E-state index contributed by atoms with van der Waals surface area (Å²) in [5, 5.41) is 0. The number of hydrogen-bond acceptors (Lipinski definition) is 6. The van der Waals surface area contributed by atoms with Crippen molar-refractivity contribution < 1.29 is 4.74 Å². The molecule has 2 aliphatic heterocycles. The minimum Gasteiger partial charge on any atom is -0.439 e. The number of benzene rings is 3. The molecule has 0 fully saturated rings. The fraction of sp³-hybridized carbons (Fsp3) is 0. The van der Waals surface area contributed by atoms with Crippen LogP contribution < -0.4 is 14.5 Å². The Kier molecular flexibility index (Phi) is 6.01. The van der Waals surface area contributed by atoms with Crippen LogP contribution in [0.3, 0.4) is 0 Å². The summed E-state index contributed by atoms with van der Waals surface area (Å²) in [5.41, 5.74) is 7.25. The number of pyridine rings is 3. The Morgan fingerprint density at radius 1 is 0.488 bits per heavy atom. The lowest BCUT2D eigenvalue weighted by molar-refractivity contribution is 0.463. The normalized spacial score (nSPS) is 12.8. The fourth-order valence-electron chi connectivity index (χ4n) is 5.59. The third-order valence-electron chi connectivity index (χ3n) is 7.53. The first kappa shape index (κ1) is 24.8. The number of nitrogens with zero attached hydrogens (tertiary/aromatic N) is 5. The molecular formula is C37H25N5O. The molecule has 0 radical (unpaired) electrons. The lowest BCUT2D eigenvalue weighted by Gasteiger charge is -2.26. The van der Waals surface area contributed by atoms with Gasteiger partial charge in [-0.1, -0.05) is 72.8 Å². The van der Waals surface area contributed by atoms with Gasteiger partial charge in [0.15, 0.2) is 0 Å². The second-order valence-corrected chi connectivity index (χ2v) is 10.2. The van der Waals surface area contributed by atoms with Crippen LogP contribution in [0, 0.1) is 0 Å². The molecule has 0 N–H and O–H groups in total. The van der Waals surface area contributed by atoms with Crippen molar-refractivity contribution in [3.05, 3.63) is 150 Å². The van der Waals surface area contributed by atoms with Crippen LogP contribution in [0.5, 0.6) is 11.6 Å². The fourth-order valence-corrected chi connectivity index (χ4v) is 5.59. The first-order valence-corrected chi connectivity index (χ1v) is 14.1. The summed E-state index contributed by atoms with van der Waals surface area (Å²) >= 11 is 0. The molecule has 0 bridgehead atoms. The van der Waals surface area contributed by atoms with Gasteiger partial charge in [0.1, 0.15) is 23.2 Å². The Labute approximate surface area is 249 Å². The highest BCUT2D eigenvalue weighted by atomic mass is 16.5. The van der Waals surface area contributed by atoms with Crippen LogP contribution in [0.25, 0.3) is 24.3 Å². The molecule has 6 heteroatoms. The summed E-state index contributed by atoms with van der Waals surface area (Å²) < 4.78 is 6.42. The van der Waals surface area contributed by atoms with Gasteiger partial charge >= 0.3 is 0 Å². The number of anilines is 6. The van der Waals surface area contributed by atoms with Crippen molar-refractivity contribution in [1.29, 1.82) is 0 Å². The Morgan fingerprint density at radius 3 is 1.79 bits per heavy atom. The standard InChI is InChI=1S/C37H25N5O/c1-3-15-32-26(9-1)19-21-28-11-7-23-38-36(28)41(32)30-13-5-14-31(25-30)43-35-18-6-17-34(40-35)42-33-16-4-2-10-27(33)20-22-29-12-8-24-39-37(29)42/h1-25H. The van der Waals surface area contributed by atoms with Gasteiger partial charge in [0.25, 0.3) is 0 Å². The SMILES string of the molecule is C1=Cc2cccnc2N(c2cccc(Oc3cccc(N4c5ccccc5C=Cc5cccnc54)n3)c2)c2ccccc21. The quantitative estimate of drug-likeness (QED) is 0.216. The van der Waals surface area contributed by atoms with E-state index in [0.29, 0.717) is 11.6 Å². The monoisotopic (exact) mass is 555 g/mol. The highest BCUT2D eigenvalue weighted by molar-refractivity contribution is 5.92. The van der Waals surface area contributed by atoms with Gasteiger partial charge < -0.3 is 4.74 Å². The number of para-hydroxylation sites is 2. The number of ether oxygens (including phenoxy) is 1. The molecule has 8 rings (SSSR count). The molecule has 43 heavy (non-hydrogen) atoms. The number of fused-ring (bicyclic) bond motifs is 4. The highest BCUT2D eigenvalue weighted by Crippen LogP contribution is 2.43. The van der Waals surface area contributed by atoms with Gasteiger partial charge in [-0.05, 0) is 65.7 Å². The van der Waals surface area contributed by atoms with E-state index < -0.39 is 0 Å². The van der Waals surface area contributed by atoms with Crippen molar-refractivity contribution in [1.82, 2.24) is 15.0 Å². The molecule has 0 aliphatic carbocycles. The second kappa shape index (κ2) is 10.4. The molecule has 5 heterocycles. The number of aromatic nitrogens is 3. The van der Waals surface area contributed by atoms with E-state index in [4.69, 9.17) is 19.7 Å². The van der Waals surface area contributed by atoms with E-state index in [9.17, 15) is 0 Å².